The van der Waals surface area contributed by atoms with E-state index >= 15 is 0 Å². The van der Waals surface area contributed by atoms with Crippen LogP contribution in [-0.2, 0) is 11.3 Å². The molecule has 1 aliphatic heterocycles. The lowest BCUT2D eigenvalue weighted by Gasteiger charge is -2.19. The third-order valence-corrected chi connectivity index (χ3v) is 3.18. The average molecular weight is 251 g/mol. The van der Waals surface area contributed by atoms with E-state index in [4.69, 9.17) is 9.84 Å². The van der Waals surface area contributed by atoms with Crippen molar-refractivity contribution in [2.45, 2.75) is 44.9 Å². The molecule has 1 fully saturated rings. The molecule has 1 atom stereocenters. The van der Waals surface area contributed by atoms with Gasteiger partial charge in [-0.3, -0.25) is 4.79 Å². The smallest absolute Gasteiger partial charge is 0.337 e. The summed E-state index contributed by atoms with van der Waals surface area (Å²) in [5.74, 6) is -1.03. The number of ether oxygens (including phenoxy) is 1. The van der Waals surface area contributed by atoms with Gasteiger partial charge in [-0.1, -0.05) is 0 Å². The molecule has 0 radical (unpaired) electrons. The summed E-state index contributed by atoms with van der Waals surface area (Å²) in [6.45, 7) is 4.44. The first-order valence-corrected chi connectivity index (χ1v) is 5.99. The largest absolute Gasteiger partial charge is 0.478 e. The van der Waals surface area contributed by atoms with Crippen molar-refractivity contribution in [3.8, 4) is 0 Å². The zero-order valence-electron chi connectivity index (χ0n) is 10.5. The Kier molecular flexibility index (Phi) is 3.26. The Bertz CT molecular complexity index is 518. The van der Waals surface area contributed by atoms with E-state index in [-0.39, 0.29) is 22.8 Å². The number of nitrogens with zero attached hydrogens (tertiary/aromatic N) is 1. The van der Waals surface area contributed by atoms with E-state index in [2.05, 4.69) is 0 Å². The first-order valence-electron chi connectivity index (χ1n) is 5.99. The van der Waals surface area contributed by atoms with Crippen molar-refractivity contribution in [2.75, 3.05) is 0 Å². The van der Waals surface area contributed by atoms with Gasteiger partial charge in [0.05, 0.1) is 23.8 Å². The predicted molar refractivity (Wildman–Crippen MR) is 65.8 cm³/mol. The Labute approximate surface area is 105 Å². The van der Waals surface area contributed by atoms with Gasteiger partial charge in [-0.25, -0.2) is 4.79 Å². The maximum atomic E-state index is 11.7. The monoisotopic (exact) mass is 251 g/mol. The van der Waals surface area contributed by atoms with Gasteiger partial charge in [-0.15, -0.1) is 0 Å². The molecule has 0 amide bonds. The number of hydrogen-bond donors (Lipinski definition) is 1. The highest BCUT2D eigenvalue weighted by Gasteiger charge is 2.31. The molecule has 5 heteroatoms. The van der Waals surface area contributed by atoms with Gasteiger partial charge in [0.25, 0.3) is 5.56 Å². The lowest BCUT2D eigenvalue weighted by molar-refractivity contribution is -0.0221. The molecule has 1 aromatic heterocycles. The Morgan fingerprint density at radius 1 is 1.56 bits per heavy atom. The van der Waals surface area contributed by atoms with Crippen molar-refractivity contribution in [3.63, 3.8) is 0 Å². The van der Waals surface area contributed by atoms with Crippen molar-refractivity contribution in [2.24, 2.45) is 0 Å². The number of hydrogen-bond acceptors (Lipinski definition) is 3. The van der Waals surface area contributed by atoms with Crippen LogP contribution in [0.25, 0.3) is 0 Å². The molecule has 0 saturated carbocycles. The summed E-state index contributed by atoms with van der Waals surface area (Å²) in [6, 6.07) is 2.60. The zero-order chi connectivity index (χ0) is 13.3. The Morgan fingerprint density at radius 3 is 2.83 bits per heavy atom. The lowest BCUT2D eigenvalue weighted by atomic mass is 10.1. The van der Waals surface area contributed by atoms with E-state index in [0.29, 0.717) is 6.54 Å². The molecule has 1 N–H and O–H groups in total. The fourth-order valence-corrected chi connectivity index (χ4v) is 2.23. The van der Waals surface area contributed by atoms with Crippen LogP contribution in [0.4, 0.5) is 0 Å². The van der Waals surface area contributed by atoms with Crippen LogP contribution in [0.1, 0.15) is 37.0 Å². The minimum atomic E-state index is -1.03. The normalized spacial score (nSPS) is 22.0. The van der Waals surface area contributed by atoms with Gasteiger partial charge in [0.2, 0.25) is 0 Å². The van der Waals surface area contributed by atoms with Gasteiger partial charge in [0, 0.05) is 12.3 Å². The highest BCUT2D eigenvalue weighted by Crippen LogP contribution is 2.29. The predicted octanol–water partition coefficient (Wildman–Crippen LogP) is 1.50. The average Bonchev–Trinajstić information content (AvgIpc) is 2.61. The molecule has 1 saturated heterocycles. The van der Waals surface area contributed by atoms with Crippen LogP contribution in [0.2, 0.25) is 0 Å². The SMILES string of the molecule is CC1(C)CCC(Cn2cc(C(=O)O)ccc2=O)O1. The fourth-order valence-electron chi connectivity index (χ4n) is 2.23. The van der Waals surface area contributed by atoms with Crippen molar-refractivity contribution in [3.05, 3.63) is 34.2 Å². The highest BCUT2D eigenvalue weighted by molar-refractivity contribution is 5.87. The number of carbonyl (C=O) groups is 1. The van der Waals surface area contributed by atoms with E-state index in [0.717, 1.165) is 12.8 Å². The maximum absolute atomic E-state index is 11.7. The van der Waals surface area contributed by atoms with E-state index in [1.54, 1.807) is 0 Å². The summed E-state index contributed by atoms with van der Waals surface area (Å²) in [5, 5.41) is 8.90. The number of aromatic nitrogens is 1. The summed E-state index contributed by atoms with van der Waals surface area (Å²) in [7, 11) is 0. The minimum absolute atomic E-state index is 0.0262. The first kappa shape index (κ1) is 12.8. The van der Waals surface area contributed by atoms with Crippen LogP contribution >= 0.6 is 0 Å². The Balaban J connectivity index is 2.17. The molecular weight excluding hydrogens is 234 g/mol. The van der Waals surface area contributed by atoms with Crippen molar-refractivity contribution >= 4 is 5.97 Å². The molecule has 0 aliphatic carbocycles. The molecule has 1 aliphatic rings. The molecule has 0 bridgehead atoms. The second kappa shape index (κ2) is 4.57. The zero-order valence-corrected chi connectivity index (χ0v) is 10.5. The summed E-state index contributed by atoms with van der Waals surface area (Å²) in [5.41, 5.74) is -0.237. The summed E-state index contributed by atoms with van der Waals surface area (Å²) in [6.07, 6.45) is 3.18. The molecule has 1 unspecified atom stereocenters. The molecule has 5 nitrogen and oxygen atoms in total. The van der Waals surface area contributed by atoms with E-state index in [9.17, 15) is 9.59 Å². The van der Waals surface area contributed by atoms with Crippen LogP contribution < -0.4 is 5.56 Å². The van der Waals surface area contributed by atoms with Crippen LogP contribution in [0, 0.1) is 0 Å². The fraction of sp³-hybridized carbons (Fsp3) is 0.538. The number of aromatic carboxylic acids is 1. The lowest BCUT2D eigenvalue weighted by Crippen LogP contribution is -2.28. The van der Waals surface area contributed by atoms with Crippen LogP contribution in [0.15, 0.2) is 23.1 Å². The number of pyridine rings is 1. The van der Waals surface area contributed by atoms with Crippen molar-refractivity contribution in [1.29, 1.82) is 0 Å². The van der Waals surface area contributed by atoms with E-state index in [1.165, 1.54) is 22.9 Å². The van der Waals surface area contributed by atoms with E-state index in [1.807, 2.05) is 13.8 Å². The molecule has 2 heterocycles. The van der Waals surface area contributed by atoms with Crippen LogP contribution in [0.5, 0.6) is 0 Å². The second-order valence-electron chi connectivity index (χ2n) is 5.25. The van der Waals surface area contributed by atoms with Crippen molar-refractivity contribution in [1.82, 2.24) is 4.57 Å². The van der Waals surface area contributed by atoms with Crippen molar-refractivity contribution < 1.29 is 14.6 Å². The van der Waals surface area contributed by atoms with E-state index < -0.39 is 5.97 Å². The molecule has 2 rings (SSSR count). The second-order valence-corrected chi connectivity index (χ2v) is 5.25. The third-order valence-electron chi connectivity index (χ3n) is 3.18. The van der Waals surface area contributed by atoms with Gasteiger partial charge in [-0.2, -0.15) is 0 Å². The van der Waals surface area contributed by atoms with Gasteiger partial charge < -0.3 is 14.4 Å². The summed E-state index contributed by atoms with van der Waals surface area (Å²) >= 11 is 0. The third kappa shape index (κ3) is 2.79. The molecule has 1 aromatic rings. The van der Waals surface area contributed by atoms with Gasteiger partial charge in [-0.05, 0) is 32.8 Å². The van der Waals surface area contributed by atoms with Crippen LogP contribution in [-0.4, -0.2) is 27.3 Å². The van der Waals surface area contributed by atoms with Gasteiger partial charge in [0.1, 0.15) is 0 Å². The summed E-state index contributed by atoms with van der Waals surface area (Å²) < 4.78 is 7.21. The number of rotatable bonds is 3. The highest BCUT2D eigenvalue weighted by atomic mass is 16.5. The Morgan fingerprint density at radius 2 is 2.28 bits per heavy atom. The quantitative estimate of drug-likeness (QED) is 0.884. The topological polar surface area (TPSA) is 68.5 Å². The standard InChI is InChI=1S/C13H17NO4/c1-13(2)6-5-10(18-13)8-14-7-9(12(16)17)3-4-11(14)15/h3-4,7,10H,5-6,8H2,1-2H3,(H,16,17). The van der Waals surface area contributed by atoms with Gasteiger partial charge >= 0.3 is 5.97 Å². The molecule has 18 heavy (non-hydrogen) atoms. The Hall–Kier alpha value is -1.62. The molecule has 0 aromatic carbocycles. The maximum Gasteiger partial charge on any atom is 0.337 e. The molecular formula is C13H17NO4. The first-order chi connectivity index (χ1) is 8.37. The number of carboxylic acids is 1. The molecule has 0 spiro atoms. The summed E-state index contributed by atoms with van der Waals surface area (Å²) in [4.78, 5) is 22.5. The number of carboxylic acid groups (broad SMARTS) is 1. The van der Waals surface area contributed by atoms with Crippen LogP contribution in [0.3, 0.4) is 0 Å². The van der Waals surface area contributed by atoms with Gasteiger partial charge in [0.15, 0.2) is 0 Å². The minimum Gasteiger partial charge on any atom is -0.478 e. The molecule has 98 valence electrons.